The summed E-state index contributed by atoms with van der Waals surface area (Å²) in [6.07, 6.45) is 3.29. The summed E-state index contributed by atoms with van der Waals surface area (Å²) in [5.41, 5.74) is 0.520. The largest absolute Gasteiger partial charge is 0.294 e. The number of carbonyl (C=O) groups excluding carboxylic acids is 1. The van der Waals surface area contributed by atoms with Crippen molar-refractivity contribution in [2.45, 2.75) is 11.9 Å². The van der Waals surface area contributed by atoms with Gasteiger partial charge < -0.3 is 0 Å². The Balaban J connectivity index is 3.20. The minimum absolute atomic E-state index is 0.0454. The van der Waals surface area contributed by atoms with Gasteiger partial charge in [-0.25, -0.2) is 9.97 Å². The average Bonchev–Trinajstić information content (AvgIpc) is 2.03. The Kier molecular flexibility index (Phi) is 3.05. The number of Topliss-reactive ketones (excluding diaryl/α,β-unsaturated/α-hetero) is 1. The van der Waals surface area contributed by atoms with Gasteiger partial charge in [0.2, 0.25) is 5.28 Å². The lowest BCUT2D eigenvalue weighted by Crippen LogP contribution is -1.99. The monoisotopic (exact) mass is 202 g/mol. The molecule has 0 aliphatic carbocycles. The molecule has 64 valence electrons. The van der Waals surface area contributed by atoms with Crippen LogP contribution in [0.1, 0.15) is 17.3 Å². The zero-order chi connectivity index (χ0) is 9.14. The molecule has 1 heterocycles. The molecule has 0 fully saturated rings. The molecule has 0 unspecified atom stereocenters. The Morgan fingerprint density at radius 2 is 2.33 bits per heavy atom. The lowest BCUT2D eigenvalue weighted by Gasteiger charge is -2.00. The van der Waals surface area contributed by atoms with E-state index < -0.39 is 0 Å². The Morgan fingerprint density at radius 3 is 2.83 bits per heavy atom. The summed E-state index contributed by atoms with van der Waals surface area (Å²) in [6.45, 7) is 1.48. The number of nitrogens with zero attached hydrogens (tertiary/aromatic N) is 2. The second-order valence-corrected chi connectivity index (χ2v) is 3.25. The number of ketones is 1. The third-order valence-electron chi connectivity index (χ3n) is 1.30. The Hall–Kier alpha value is -0.610. The van der Waals surface area contributed by atoms with Gasteiger partial charge in [-0.3, -0.25) is 4.79 Å². The molecule has 0 bridgehead atoms. The van der Waals surface area contributed by atoms with Crippen molar-refractivity contribution in [3.63, 3.8) is 0 Å². The van der Waals surface area contributed by atoms with E-state index in [9.17, 15) is 4.79 Å². The zero-order valence-electron chi connectivity index (χ0n) is 6.67. The van der Waals surface area contributed by atoms with Crippen LogP contribution in [-0.2, 0) is 0 Å². The van der Waals surface area contributed by atoms with Crippen molar-refractivity contribution < 1.29 is 4.79 Å². The van der Waals surface area contributed by atoms with Crippen LogP contribution in [0.25, 0.3) is 0 Å². The molecule has 0 radical (unpaired) electrons. The molecule has 12 heavy (non-hydrogen) atoms. The normalized spacial score (nSPS) is 9.92. The van der Waals surface area contributed by atoms with Crippen molar-refractivity contribution in [2.75, 3.05) is 6.26 Å². The highest BCUT2D eigenvalue weighted by Crippen LogP contribution is 2.18. The van der Waals surface area contributed by atoms with E-state index in [1.165, 1.54) is 24.9 Å². The highest BCUT2D eigenvalue weighted by atomic mass is 35.5. The first-order valence-electron chi connectivity index (χ1n) is 3.22. The summed E-state index contributed by atoms with van der Waals surface area (Å²) in [5, 5.41) is 0.798. The van der Waals surface area contributed by atoms with Crippen LogP contribution < -0.4 is 0 Å². The Labute approximate surface area is 79.6 Å². The topological polar surface area (TPSA) is 42.9 Å². The van der Waals surface area contributed by atoms with Crippen molar-refractivity contribution in [2.24, 2.45) is 0 Å². The molecule has 5 heteroatoms. The highest BCUT2D eigenvalue weighted by molar-refractivity contribution is 7.98. The van der Waals surface area contributed by atoms with E-state index in [-0.39, 0.29) is 11.1 Å². The third kappa shape index (κ3) is 1.95. The summed E-state index contributed by atoms with van der Waals surface area (Å²) in [4.78, 5) is 18.6. The van der Waals surface area contributed by atoms with E-state index in [0.29, 0.717) is 10.6 Å². The molecule has 0 aliphatic rings. The van der Waals surface area contributed by atoms with Gasteiger partial charge in [-0.2, -0.15) is 0 Å². The van der Waals surface area contributed by atoms with Crippen LogP contribution in [0.4, 0.5) is 0 Å². The van der Waals surface area contributed by atoms with Gasteiger partial charge in [0.25, 0.3) is 0 Å². The lowest BCUT2D eigenvalue weighted by atomic mass is 10.2. The Morgan fingerprint density at radius 1 is 1.67 bits per heavy atom. The number of aromatic nitrogens is 2. The Bertz CT molecular complexity index is 316. The van der Waals surface area contributed by atoms with Crippen molar-refractivity contribution in [1.29, 1.82) is 0 Å². The second kappa shape index (κ2) is 3.87. The second-order valence-electron chi connectivity index (χ2n) is 2.12. The van der Waals surface area contributed by atoms with Crippen LogP contribution in [0.2, 0.25) is 5.28 Å². The van der Waals surface area contributed by atoms with Crippen molar-refractivity contribution in [3.8, 4) is 0 Å². The van der Waals surface area contributed by atoms with Gasteiger partial charge in [-0.1, -0.05) is 0 Å². The van der Waals surface area contributed by atoms with Crippen LogP contribution >= 0.6 is 23.4 Å². The van der Waals surface area contributed by atoms with Crippen LogP contribution in [-0.4, -0.2) is 22.0 Å². The van der Waals surface area contributed by atoms with Crippen LogP contribution in [0, 0.1) is 0 Å². The molecule has 0 amide bonds. The molecule has 0 aliphatic heterocycles. The van der Waals surface area contributed by atoms with E-state index in [1.54, 1.807) is 0 Å². The van der Waals surface area contributed by atoms with Crippen LogP contribution in [0.3, 0.4) is 0 Å². The molecular weight excluding hydrogens is 196 g/mol. The van der Waals surface area contributed by atoms with Gasteiger partial charge in [0, 0.05) is 6.20 Å². The molecule has 0 spiro atoms. The van der Waals surface area contributed by atoms with Crippen molar-refractivity contribution in [3.05, 3.63) is 17.0 Å². The number of thioether (sulfide) groups is 1. The number of hydrogen-bond acceptors (Lipinski definition) is 4. The van der Waals surface area contributed by atoms with Gasteiger partial charge in [-0.15, -0.1) is 11.8 Å². The maximum Gasteiger partial charge on any atom is 0.223 e. The molecule has 0 saturated carbocycles. The van der Waals surface area contributed by atoms with Crippen LogP contribution in [0.5, 0.6) is 0 Å². The van der Waals surface area contributed by atoms with E-state index in [0.717, 1.165) is 0 Å². The summed E-state index contributed by atoms with van der Waals surface area (Å²) >= 11 is 6.93. The zero-order valence-corrected chi connectivity index (χ0v) is 8.24. The smallest absolute Gasteiger partial charge is 0.223 e. The van der Waals surface area contributed by atoms with Gasteiger partial charge in [0.15, 0.2) is 5.78 Å². The molecule has 1 aromatic rings. The maximum absolute atomic E-state index is 11.0. The first-order valence-corrected chi connectivity index (χ1v) is 4.83. The quantitative estimate of drug-likeness (QED) is 0.319. The van der Waals surface area contributed by atoms with Gasteiger partial charge in [-0.05, 0) is 24.8 Å². The van der Waals surface area contributed by atoms with Gasteiger partial charge in [0.05, 0.1) is 5.56 Å². The van der Waals surface area contributed by atoms with E-state index >= 15 is 0 Å². The number of hydrogen-bond donors (Lipinski definition) is 0. The number of halogens is 1. The summed E-state index contributed by atoms with van der Waals surface area (Å²) in [5.74, 6) is -0.0454. The molecule has 0 N–H and O–H groups in total. The summed E-state index contributed by atoms with van der Waals surface area (Å²) in [7, 11) is 0. The first-order chi connectivity index (χ1) is 5.65. The SMILES string of the molecule is CSc1nc(Cl)ncc1C(C)=O. The minimum Gasteiger partial charge on any atom is -0.294 e. The fourth-order valence-corrected chi connectivity index (χ4v) is 1.52. The standard InChI is InChI=1S/C7H7ClN2OS/c1-4(11)5-3-9-7(8)10-6(5)12-2/h3H,1-2H3. The number of rotatable bonds is 2. The molecule has 3 nitrogen and oxygen atoms in total. The van der Waals surface area contributed by atoms with Crippen molar-refractivity contribution in [1.82, 2.24) is 9.97 Å². The highest BCUT2D eigenvalue weighted by Gasteiger charge is 2.08. The fourth-order valence-electron chi connectivity index (χ4n) is 0.743. The van der Waals surface area contributed by atoms with Gasteiger partial charge in [0.1, 0.15) is 5.03 Å². The molecular formula is C7H7ClN2OS. The number of carbonyl (C=O) groups is 1. The molecule has 0 saturated heterocycles. The summed E-state index contributed by atoms with van der Waals surface area (Å²) in [6, 6.07) is 0. The van der Waals surface area contributed by atoms with Crippen LogP contribution in [0.15, 0.2) is 11.2 Å². The predicted molar refractivity (Wildman–Crippen MR) is 48.8 cm³/mol. The van der Waals surface area contributed by atoms with Gasteiger partial charge >= 0.3 is 0 Å². The predicted octanol–water partition coefficient (Wildman–Crippen LogP) is 2.05. The van der Waals surface area contributed by atoms with Crippen molar-refractivity contribution >= 4 is 29.1 Å². The maximum atomic E-state index is 11.0. The first kappa shape index (κ1) is 9.48. The third-order valence-corrected chi connectivity index (χ3v) is 2.18. The molecule has 0 atom stereocenters. The average molecular weight is 203 g/mol. The lowest BCUT2D eigenvalue weighted by molar-refractivity contribution is 0.101. The fraction of sp³-hybridized carbons (Fsp3) is 0.286. The van der Waals surface area contributed by atoms with E-state index in [1.807, 2.05) is 6.26 Å². The molecule has 0 aromatic carbocycles. The molecule has 1 aromatic heterocycles. The molecule has 1 rings (SSSR count). The minimum atomic E-state index is -0.0454. The summed E-state index contributed by atoms with van der Waals surface area (Å²) < 4.78 is 0. The van der Waals surface area contributed by atoms with E-state index in [4.69, 9.17) is 11.6 Å². The van der Waals surface area contributed by atoms with E-state index in [2.05, 4.69) is 9.97 Å².